The van der Waals surface area contributed by atoms with Crippen LogP contribution in [0.25, 0.3) is 0 Å². The monoisotopic (exact) mass is 400 g/mol. The molecule has 0 aliphatic rings. The van der Waals surface area contributed by atoms with E-state index in [4.69, 9.17) is 14.5 Å². The topological polar surface area (TPSA) is 121 Å². The van der Waals surface area contributed by atoms with Crippen molar-refractivity contribution < 1.29 is 32.6 Å². The second-order valence-electron chi connectivity index (χ2n) is 6.22. The Bertz CT molecular complexity index is 954. The summed E-state index contributed by atoms with van der Waals surface area (Å²) in [6.45, 7) is 3.68. The molecule has 7 nitrogen and oxygen atoms in total. The summed E-state index contributed by atoms with van der Waals surface area (Å²) in [5, 5.41) is 9.75. The second kappa shape index (κ2) is 7.40. The van der Waals surface area contributed by atoms with Crippen molar-refractivity contribution in [3.8, 4) is 11.5 Å². The van der Waals surface area contributed by atoms with Crippen molar-refractivity contribution >= 4 is 17.4 Å². The molecule has 0 saturated heterocycles. The smallest absolute Gasteiger partial charge is 0.362 e. The molecule has 0 spiro atoms. The first-order valence-corrected chi connectivity index (χ1v) is 11.3. The molecule has 3 N–H and O–H groups in total. The third-order valence-electron chi connectivity index (χ3n) is 3.87. The van der Waals surface area contributed by atoms with Gasteiger partial charge in [-0.05, 0) is 66.8 Å². The highest BCUT2D eigenvalue weighted by molar-refractivity contribution is 7.90. The molecule has 0 aliphatic heterocycles. The fourth-order valence-corrected chi connectivity index (χ4v) is 3.77. The van der Waals surface area contributed by atoms with E-state index in [0.717, 1.165) is 28.5 Å². The van der Waals surface area contributed by atoms with Crippen molar-refractivity contribution in [2.45, 2.75) is 25.2 Å². The van der Waals surface area contributed by atoms with Gasteiger partial charge in [0.25, 0.3) is 0 Å². The number of rotatable bonds is 6. The molecule has 142 valence electrons. The zero-order valence-electron chi connectivity index (χ0n) is 14.6. The third-order valence-corrected chi connectivity index (χ3v) is 5.46. The van der Waals surface area contributed by atoms with Gasteiger partial charge in [0.1, 0.15) is 16.4 Å². The molecular formula is C17H21O7PS. The van der Waals surface area contributed by atoms with Gasteiger partial charge in [-0.15, -0.1) is 0 Å². The Hall–Kier alpha value is -1.86. The summed E-state index contributed by atoms with van der Waals surface area (Å²) in [7, 11) is -7.80. The Labute approximate surface area is 152 Å². The average Bonchev–Trinajstić information content (AvgIpc) is 2.48. The molecule has 0 aromatic heterocycles. The lowest BCUT2D eigenvalue weighted by molar-refractivity contribution is 0.300. The fourth-order valence-electron chi connectivity index (χ4n) is 2.64. The molecule has 26 heavy (non-hydrogen) atoms. The Kier molecular flexibility index (Phi) is 5.82. The maximum absolute atomic E-state index is 11.7. The molecule has 9 heteroatoms. The van der Waals surface area contributed by atoms with Gasteiger partial charge in [-0.25, -0.2) is 8.42 Å². The quantitative estimate of drug-likeness (QED) is 0.637. The average molecular weight is 400 g/mol. The second-order valence-corrected chi connectivity index (χ2v) is 9.80. The van der Waals surface area contributed by atoms with Crippen LogP contribution in [0.2, 0.25) is 0 Å². The number of phenolic OH excluding ortho intramolecular Hbond substituents is 1. The first-order valence-electron chi connectivity index (χ1n) is 7.66. The summed E-state index contributed by atoms with van der Waals surface area (Å²) in [5.74, 6) is 0.0699. The Morgan fingerprint density at radius 2 is 1.65 bits per heavy atom. The van der Waals surface area contributed by atoms with Gasteiger partial charge in [0.2, 0.25) is 0 Å². The van der Waals surface area contributed by atoms with Crippen molar-refractivity contribution in [3.63, 3.8) is 0 Å². The lowest BCUT2D eigenvalue weighted by Gasteiger charge is -2.15. The lowest BCUT2D eigenvalue weighted by Crippen LogP contribution is -2.03. The molecular weight excluding hydrogens is 379 g/mol. The van der Waals surface area contributed by atoms with Crippen LogP contribution in [0.5, 0.6) is 11.5 Å². The Balaban J connectivity index is 2.32. The summed E-state index contributed by atoms with van der Waals surface area (Å²) in [6.07, 6.45) is 0.787. The Morgan fingerprint density at radius 3 is 2.15 bits per heavy atom. The van der Waals surface area contributed by atoms with E-state index < -0.39 is 23.8 Å². The van der Waals surface area contributed by atoms with Gasteiger partial charge in [0, 0.05) is 6.26 Å². The van der Waals surface area contributed by atoms with Crippen LogP contribution < -0.4 is 4.74 Å². The van der Waals surface area contributed by atoms with E-state index in [-0.39, 0.29) is 10.6 Å². The molecule has 2 aromatic carbocycles. The van der Waals surface area contributed by atoms with Crippen molar-refractivity contribution in [2.24, 2.45) is 0 Å². The molecule has 0 bridgehead atoms. The van der Waals surface area contributed by atoms with Gasteiger partial charge in [0.05, 0.1) is 0 Å². The third kappa shape index (κ3) is 5.32. The van der Waals surface area contributed by atoms with Crippen molar-refractivity contribution in [3.05, 3.63) is 52.6 Å². The zero-order chi connectivity index (χ0) is 19.7. The minimum atomic E-state index is -4.26. The SMILES string of the molecule is Cc1cc(OCP(=O)(O)O)cc(C)c1Cc1ccc(O)c(S(C)(=O)=O)c1. The molecule has 2 rings (SSSR count). The molecule has 0 saturated carbocycles. The highest BCUT2D eigenvalue weighted by Gasteiger charge is 2.16. The van der Waals surface area contributed by atoms with E-state index in [0.29, 0.717) is 12.2 Å². The van der Waals surface area contributed by atoms with Crippen LogP contribution in [0.4, 0.5) is 0 Å². The van der Waals surface area contributed by atoms with E-state index in [1.807, 2.05) is 13.8 Å². The van der Waals surface area contributed by atoms with E-state index in [1.54, 1.807) is 18.2 Å². The highest BCUT2D eigenvalue weighted by atomic mass is 32.2. The minimum Gasteiger partial charge on any atom is -0.507 e. The summed E-state index contributed by atoms with van der Waals surface area (Å²) in [4.78, 5) is 17.7. The van der Waals surface area contributed by atoms with E-state index in [9.17, 15) is 18.1 Å². The Morgan fingerprint density at radius 1 is 1.08 bits per heavy atom. The number of hydrogen-bond donors (Lipinski definition) is 3. The summed E-state index contributed by atoms with van der Waals surface area (Å²) in [5.41, 5.74) is 3.36. The zero-order valence-corrected chi connectivity index (χ0v) is 16.3. The van der Waals surface area contributed by atoms with Crippen molar-refractivity contribution in [1.29, 1.82) is 0 Å². The van der Waals surface area contributed by atoms with E-state index >= 15 is 0 Å². The molecule has 0 aliphatic carbocycles. The van der Waals surface area contributed by atoms with E-state index in [1.165, 1.54) is 12.1 Å². The predicted molar refractivity (Wildman–Crippen MR) is 97.5 cm³/mol. The van der Waals surface area contributed by atoms with Crippen molar-refractivity contribution in [2.75, 3.05) is 12.6 Å². The van der Waals surface area contributed by atoms with Gasteiger partial charge in [-0.2, -0.15) is 0 Å². The maximum Gasteiger partial charge on any atom is 0.362 e. The van der Waals surface area contributed by atoms with Crippen LogP contribution in [-0.2, 0) is 20.8 Å². The number of sulfone groups is 1. The van der Waals surface area contributed by atoms with Crippen molar-refractivity contribution in [1.82, 2.24) is 0 Å². The molecule has 0 fully saturated rings. The van der Waals surface area contributed by atoms with Crippen LogP contribution in [0.1, 0.15) is 22.3 Å². The van der Waals surface area contributed by atoms with Gasteiger partial charge in [0.15, 0.2) is 16.2 Å². The number of hydrogen-bond acceptors (Lipinski definition) is 5. The fraction of sp³-hybridized carbons (Fsp3) is 0.294. The van der Waals surface area contributed by atoms with Crippen LogP contribution in [-0.4, -0.2) is 35.9 Å². The normalized spacial score (nSPS) is 12.2. The predicted octanol–water partition coefficient (Wildman–Crippen LogP) is 2.52. The standard InChI is InChI=1S/C17H21O7PS/c1-11-6-14(24-10-25(19,20)21)7-12(2)15(11)8-13-4-5-16(18)17(9-13)26(3,22)23/h4-7,9,18H,8,10H2,1-3H3,(H2,19,20,21). The summed E-state index contributed by atoms with van der Waals surface area (Å²) < 4.78 is 39.6. The lowest BCUT2D eigenvalue weighted by atomic mass is 9.96. The molecule has 0 amide bonds. The van der Waals surface area contributed by atoms with Crippen LogP contribution >= 0.6 is 7.60 Å². The molecule has 0 heterocycles. The molecule has 0 radical (unpaired) electrons. The van der Waals surface area contributed by atoms with Crippen LogP contribution in [0, 0.1) is 13.8 Å². The molecule has 2 aromatic rings. The van der Waals surface area contributed by atoms with E-state index in [2.05, 4.69) is 0 Å². The van der Waals surface area contributed by atoms with Gasteiger partial charge in [-0.3, -0.25) is 4.57 Å². The number of ether oxygens (including phenoxy) is 1. The van der Waals surface area contributed by atoms with Gasteiger partial charge in [-0.1, -0.05) is 6.07 Å². The van der Waals surface area contributed by atoms with Gasteiger partial charge >= 0.3 is 7.60 Å². The first kappa shape index (κ1) is 20.5. The highest BCUT2D eigenvalue weighted by Crippen LogP contribution is 2.35. The van der Waals surface area contributed by atoms with Gasteiger partial charge < -0.3 is 19.6 Å². The largest absolute Gasteiger partial charge is 0.507 e. The molecule has 0 unspecified atom stereocenters. The first-order chi connectivity index (χ1) is 11.9. The number of benzene rings is 2. The van der Waals surface area contributed by atoms with Crippen LogP contribution in [0.3, 0.4) is 0 Å². The summed E-state index contributed by atoms with van der Waals surface area (Å²) in [6, 6.07) is 7.81. The number of phenols is 1. The molecule has 0 atom stereocenters. The summed E-state index contributed by atoms with van der Waals surface area (Å²) >= 11 is 0. The van der Waals surface area contributed by atoms with Crippen LogP contribution in [0.15, 0.2) is 35.2 Å². The number of aryl methyl sites for hydroxylation is 2. The number of aromatic hydroxyl groups is 1. The minimum absolute atomic E-state index is 0.119. The maximum atomic E-state index is 11.7.